The zero-order valence-corrected chi connectivity index (χ0v) is 9.89. The molecule has 0 atom stereocenters. The van der Waals surface area contributed by atoms with Crippen molar-refractivity contribution in [3.05, 3.63) is 18.0 Å². The van der Waals surface area contributed by atoms with E-state index in [1.54, 1.807) is 24.0 Å². The predicted octanol–water partition coefficient (Wildman–Crippen LogP) is 0.818. The fourth-order valence-electron chi connectivity index (χ4n) is 2.06. The van der Waals surface area contributed by atoms with Gasteiger partial charge >= 0.3 is 5.97 Å². The number of ether oxygens (including phenoxy) is 1. The van der Waals surface area contributed by atoms with Gasteiger partial charge in [-0.25, -0.2) is 9.78 Å². The molecule has 7 heteroatoms. The summed E-state index contributed by atoms with van der Waals surface area (Å²) in [5.74, 6) is -0.0588. The van der Waals surface area contributed by atoms with Crippen LogP contribution < -0.4 is 5.73 Å². The lowest BCUT2D eigenvalue weighted by Gasteiger charge is -1.99. The summed E-state index contributed by atoms with van der Waals surface area (Å²) in [4.78, 5) is 18.7. The second kappa shape index (κ2) is 3.46. The molecular weight excluding hydrogens is 234 g/mol. The van der Waals surface area contributed by atoms with E-state index in [1.807, 2.05) is 0 Å². The zero-order valence-electron chi connectivity index (χ0n) is 9.89. The molecule has 3 aromatic heterocycles. The van der Waals surface area contributed by atoms with Gasteiger partial charge in [0.15, 0.2) is 0 Å². The Labute approximate surface area is 102 Å². The highest BCUT2D eigenvalue weighted by molar-refractivity contribution is 6.08. The van der Waals surface area contributed by atoms with E-state index in [1.165, 1.54) is 7.11 Å². The second-order valence-corrected chi connectivity index (χ2v) is 3.96. The maximum absolute atomic E-state index is 11.5. The number of esters is 1. The van der Waals surface area contributed by atoms with Gasteiger partial charge in [-0.05, 0) is 6.07 Å². The number of fused-ring (bicyclic) bond motifs is 3. The smallest absolute Gasteiger partial charge is 0.354 e. The monoisotopic (exact) mass is 245 g/mol. The molecule has 0 aliphatic heterocycles. The van der Waals surface area contributed by atoms with Crippen molar-refractivity contribution >= 4 is 33.7 Å². The van der Waals surface area contributed by atoms with Gasteiger partial charge in [0.25, 0.3) is 0 Å². The van der Waals surface area contributed by atoms with Gasteiger partial charge < -0.3 is 15.5 Å². The van der Waals surface area contributed by atoms with Crippen LogP contribution in [0, 0.1) is 0 Å². The Bertz CT molecular complexity index is 771. The van der Waals surface area contributed by atoms with Crippen LogP contribution in [-0.4, -0.2) is 32.8 Å². The fraction of sp³-hybridized carbons (Fsp3) is 0.182. The summed E-state index contributed by atoms with van der Waals surface area (Å²) in [5.41, 5.74) is 8.31. The van der Waals surface area contributed by atoms with E-state index < -0.39 is 5.97 Å². The van der Waals surface area contributed by atoms with Gasteiger partial charge in [0.1, 0.15) is 17.0 Å². The summed E-state index contributed by atoms with van der Waals surface area (Å²) in [5, 5.41) is 4.97. The molecule has 3 heterocycles. The molecule has 0 aliphatic rings. The largest absolute Gasteiger partial charge is 0.464 e. The van der Waals surface area contributed by atoms with Crippen LogP contribution in [0.3, 0.4) is 0 Å². The lowest BCUT2D eigenvalue weighted by molar-refractivity contribution is 0.0595. The molecule has 0 bridgehead atoms. The molecule has 7 nitrogen and oxygen atoms in total. The van der Waals surface area contributed by atoms with Gasteiger partial charge in [-0.3, -0.25) is 4.68 Å². The predicted molar refractivity (Wildman–Crippen MR) is 66.1 cm³/mol. The lowest BCUT2D eigenvalue weighted by atomic mass is 10.2. The van der Waals surface area contributed by atoms with E-state index in [2.05, 4.69) is 19.8 Å². The van der Waals surface area contributed by atoms with E-state index in [-0.39, 0.29) is 0 Å². The standard InChI is InChI=1S/C11H11N5O2/c1-16-9-5(4-13-16)8-6(15-10(9)12)3-7(14-8)11(17)18-2/h3-4,14H,1-2H3,(H2,12,15). The second-order valence-electron chi connectivity index (χ2n) is 3.96. The van der Waals surface area contributed by atoms with Gasteiger partial charge in [0, 0.05) is 12.4 Å². The van der Waals surface area contributed by atoms with Crippen molar-refractivity contribution in [3.63, 3.8) is 0 Å². The first-order chi connectivity index (χ1) is 8.61. The van der Waals surface area contributed by atoms with Crippen molar-refractivity contribution in [3.8, 4) is 0 Å². The maximum atomic E-state index is 11.5. The Balaban J connectivity index is 2.40. The van der Waals surface area contributed by atoms with Crippen LogP contribution in [0.2, 0.25) is 0 Å². The molecule has 18 heavy (non-hydrogen) atoms. The summed E-state index contributed by atoms with van der Waals surface area (Å²) in [7, 11) is 3.12. The molecule has 0 saturated carbocycles. The third-order valence-electron chi connectivity index (χ3n) is 2.89. The maximum Gasteiger partial charge on any atom is 0.354 e. The van der Waals surface area contributed by atoms with E-state index in [0.717, 1.165) is 16.4 Å². The van der Waals surface area contributed by atoms with Gasteiger partial charge in [-0.15, -0.1) is 0 Å². The molecule has 0 aliphatic carbocycles. The van der Waals surface area contributed by atoms with Crippen LogP contribution in [-0.2, 0) is 11.8 Å². The zero-order chi connectivity index (χ0) is 12.9. The Hall–Kier alpha value is -2.57. The molecule has 0 aromatic carbocycles. The Morgan fingerprint density at radius 3 is 3.06 bits per heavy atom. The minimum Gasteiger partial charge on any atom is -0.464 e. The summed E-state index contributed by atoms with van der Waals surface area (Å²) in [6.45, 7) is 0. The van der Waals surface area contributed by atoms with Gasteiger partial charge in [0.05, 0.1) is 24.3 Å². The first kappa shape index (κ1) is 10.6. The first-order valence-electron chi connectivity index (χ1n) is 5.30. The number of carbonyl (C=O) groups is 1. The number of aryl methyl sites for hydroxylation is 1. The molecule has 0 unspecified atom stereocenters. The van der Waals surface area contributed by atoms with E-state index in [4.69, 9.17) is 5.73 Å². The molecular formula is C11H11N5O2. The minimum absolute atomic E-state index is 0.343. The average molecular weight is 245 g/mol. The van der Waals surface area contributed by atoms with Crippen molar-refractivity contribution in [2.24, 2.45) is 7.05 Å². The molecule has 0 spiro atoms. The number of anilines is 1. The van der Waals surface area contributed by atoms with Crippen LogP contribution in [0.25, 0.3) is 21.9 Å². The fourth-order valence-corrected chi connectivity index (χ4v) is 2.06. The first-order valence-corrected chi connectivity index (χ1v) is 5.30. The quantitative estimate of drug-likeness (QED) is 0.618. The number of H-pyrrole nitrogens is 1. The third-order valence-corrected chi connectivity index (χ3v) is 2.89. The van der Waals surface area contributed by atoms with E-state index >= 15 is 0 Å². The highest BCUT2D eigenvalue weighted by atomic mass is 16.5. The van der Waals surface area contributed by atoms with Crippen LogP contribution in [0.4, 0.5) is 5.82 Å². The number of aromatic amines is 1. The van der Waals surface area contributed by atoms with E-state index in [9.17, 15) is 4.79 Å². The molecule has 3 aromatic rings. The Morgan fingerprint density at radius 2 is 2.33 bits per heavy atom. The molecule has 3 N–H and O–H groups in total. The molecule has 0 amide bonds. The third kappa shape index (κ3) is 1.27. The number of carbonyl (C=O) groups excluding carboxylic acids is 1. The number of hydrogen-bond donors (Lipinski definition) is 2. The van der Waals surface area contributed by atoms with Gasteiger partial charge in [-0.1, -0.05) is 0 Å². The van der Waals surface area contributed by atoms with Crippen molar-refractivity contribution in [2.75, 3.05) is 12.8 Å². The number of hydrogen-bond acceptors (Lipinski definition) is 5. The number of pyridine rings is 1. The molecule has 3 rings (SSSR count). The van der Waals surface area contributed by atoms with Gasteiger partial charge in [-0.2, -0.15) is 5.10 Å². The van der Waals surface area contributed by atoms with Crippen LogP contribution in [0.15, 0.2) is 12.3 Å². The SMILES string of the molecule is COC(=O)c1cc2nc(N)c3c(cnn3C)c2[nH]1. The minimum atomic E-state index is -0.441. The number of methoxy groups -OCH3 is 1. The van der Waals surface area contributed by atoms with Crippen molar-refractivity contribution in [1.82, 2.24) is 19.7 Å². The van der Waals surface area contributed by atoms with Crippen molar-refractivity contribution < 1.29 is 9.53 Å². The lowest BCUT2D eigenvalue weighted by Crippen LogP contribution is -2.00. The number of aromatic nitrogens is 4. The molecule has 0 fully saturated rings. The molecule has 0 saturated heterocycles. The normalized spacial score (nSPS) is 11.2. The highest BCUT2D eigenvalue weighted by Crippen LogP contribution is 2.27. The number of rotatable bonds is 1. The van der Waals surface area contributed by atoms with Crippen molar-refractivity contribution in [2.45, 2.75) is 0 Å². The number of nitrogen functional groups attached to an aromatic ring is 1. The van der Waals surface area contributed by atoms with Crippen LogP contribution in [0.1, 0.15) is 10.5 Å². The van der Waals surface area contributed by atoms with Crippen molar-refractivity contribution in [1.29, 1.82) is 0 Å². The molecule has 92 valence electrons. The number of nitrogens with zero attached hydrogens (tertiary/aromatic N) is 3. The number of nitrogens with one attached hydrogen (secondary N) is 1. The Morgan fingerprint density at radius 1 is 1.56 bits per heavy atom. The van der Waals surface area contributed by atoms with E-state index in [0.29, 0.717) is 17.0 Å². The summed E-state index contributed by atoms with van der Waals surface area (Å²) in [6.07, 6.45) is 1.69. The Kier molecular flexibility index (Phi) is 2.03. The van der Waals surface area contributed by atoms with Crippen LogP contribution >= 0.6 is 0 Å². The summed E-state index contributed by atoms with van der Waals surface area (Å²) in [6, 6.07) is 1.62. The topological polar surface area (TPSA) is 98.8 Å². The summed E-state index contributed by atoms with van der Waals surface area (Å²) >= 11 is 0. The number of nitrogens with two attached hydrogens (primary N) is 1. The summed E-state index contributed by atoms with van der Waals surface area (Å²) < 4.78 is 6.31. The average Bonchev–Trinajstić information content (AvgIpc) is 2.92. The van der Waals surface area contributed by atoms with Crippen LogP contribution in [0.5, 0.6) is 0 Å². The van der Waals surface area contributed by atoms with Gasteiger partial charge in [0.2, 0.25) is 0 Å². The molecule has 0 radical (unpaired) electrons. The highest BCUT2D eigenvalue weighted by Gasteiger charge is 2.15.